The van der Waals surface area contributed by atoms with Crippen LogP contribution >= 0.6 is 0 Å². The van der Waals surface area contributed by atoms with Crippen LogP contribution in [-0.2, 0) is 10.0 Å². The highest BCUT2D eigenvalue weighted by Crippen LogP contribution is 2.22. The first-order chi connectivity index (χ1) is 9.31. The SMILES string of the molecule is Cc1noc(C)c1S(=O)(=O)N[C@H](C)c1ccc(F)cc1. The molecule has 0 spiro atoms. The van der Waals surface area contributed by atoms with E-state index in [0.29, 0.717) is 11.3 Å². The Bertz CT molecular complexity index is 688. The quantitative estimate of drug-likeness (QED) is 0.941. The van der Waals surface area contributed by atoms with Gasteiger partial charge in [0.05, 0.1) is 0 Å². The van der Waals surface area contributed by atoms with Gasteiger partial charge in [0.25, 0.3) is 0 Å². The molecule has 20 heavy (non-hydrogen) atoms. The van der Waals surface area contributed by atoms with E-state index in [4.69, 9.17) is 4.52 Å². The van der Waals surface area contributed by atoms with Gasteiger partial charge in [-0.1, -0.05) is 17.3 Å². The topological polar surface area (TPSA) is 72.2 Å². The highest BCUT2D eigenvalue weighted by atomic mass is 32.2. The van der Waals surface area contributed by atoms with Gasteiger partial charge in [-0.15, -0.1) is 0 Å². The monoisotopic (exact) mass is 298 g/mol. The molecule has 0 unspecified atom stereocenters. The van der Waals surface area contributed by atoms with Crippen LogP contribution in [0.25, 0.3) is 0 Å². The fourth-order valence-electron chi connectivity index (χ4n) is 1.97. The molecule has 0 fully saturated rings. The zero-order valence-electron chi connectivity index (χ0n) is 11.3. The molecule has 1 heterocycles. The van der Waals surface area contributed by atoms with Gasteiger partial charge in [-0.05, 0) is 38.5 Å². The van der Waals surface area contributed by atoms with E-state index in [1.165, 1.54) is 31.2 Å². The zero-order valence-corrected chi connectivity index (χ0v) is 12.2. The van der Waals surface area contributed by atoms with Gasteiger partial charge < -0.3 is 4.52 Å². The molecule has 0 bridgehead atoms. The Kier molecular flexibility index (Phi) is 3.92. The molecule has 0 saturated heterocycles. The fourth-order valence-corrected chi connectivity index (χ4v) is 3.53. The van der Waals surface area contributed by atoms with Gasteiger partial charge in [-0.3, -0.25) is 0 Å². The molecule has 2 aromatic rings. The van der Waals surface area contributed by atoms with Crippen LogP contribution in [0.1, 0.15) is 30.0 Å². The number of nitrogens with one attached hydrogen (secondary N) is 1. The third-order valence-electron chi connectivity index (χ3n) is 2.94. The van der Waals surface area contributed by atoms with Crippen LogP contribution in [0.4, 0.5) is 4.39 Å². The molecule has 1 atom stereocenters. The van der Waals surface area contributed by atoms with Gasteiger partial charge in [-0.2, -0.15) is 0 Å². The summed E-state index contributed by atoms with van der Waals surface area (Å²) in [6.45, 7) is 4.79. The van der Waals surface area contributed by atoms with Gasteiger partial charge in [0.2, 0.25) is 10.0 Å². The van der Waals surface area contributed by atoms with Gasteiger partial charge in [-0.25, -0.2) is 17.5 Å². The summed E-state index contributed by atoms with van der Waals surface area (Å²) in [6, 6.07) is 5.16. The van der Waals surface area contributed by atoms with Crippen LogP contribution in [0.5, 0.6) is 0 Å². The maximum Gasteiger partial charge on any atom is 0.246 e. The van der Waals surface area contributed by atoms with E-state index >= 15 is 0 Å². The van der Waals surface area contributed by atoms with Gasteiger partial charge >= 0.3 is 0 Å². The van der Waals surface area contributed by atoms with Crippen molar-refractivity contribution in [3.8, 4) is 0 Å². The van der Waals surface area contributed by atoms with Crippen molar-refractivity contribution < 1.29 is 17.3 Å². The average molecular weight is 298 g/mol. The van der Waals surface area contributed by atoms with E-state index in [0.717, 1.165) is 0 Å². The normalized spacial score (nSPS) is 13.4. The summed E-state index contributed by atoms with van der Waals surface area (Å²) >= 11 is 0. The molecule has 1 N–H and O–H groups in total. The first-order valence-corrected chi connectivity index (χ1v) is 7.50. The van der Waals surface area contributed by atoms with Gasteiger partial charge in [0.1, 0.15) is 16.4 Å². The molecule has 0 aliphatic carbocycles. The Labute approximate surface area is 116 Å². The van der Waals surface area contributed by atoms with Crippen molar-refractivity contribution >= 4 is 10.0 Å². The molecule has 0 saturated carbocycles. The molecular weight excluding hydrogens is 283 g/mol. The summed E-state index contributed by atoms with van der Waals surface area (Å²) in [5.41, 5.74) is 0.975. The van der Waals surface area contributed by atoms with Crippen molar-refractivity contribution in [3.05, 3.63) is 47.1 Å². The molecule has 0 radical (unpaired) electrons. The molecule has 0 aliphatic heterocycles. The van der Waals surface area contributed by atoms with E-state index in [9.17, 15) is 12.8 Å². The summed E-state index contributed by atoms with van der Waals surface area (Å²) in [6.07, 6.45) is 0. The minimum absolute atomic E-state index is 0.0476. The summed E-state index contributed by atoms with van der Waals surface area (Å²) in [5, 5.41) is 3.63. The van der Waals surface area contributed by atoms with E-state index in [1.54, 1.807) is 13.8 Å². The van der Waals surface area contributed by atoms with Crippen molar-refractivity contribution in [3.63, 3.8) is 0 Å². The molecule has 0 amide bonds. The predicted molar refractivity (Wildman–Crippen MR) is 71.1 cm³/mol. The van der Waals surface area contributed by atoms with E-state index in [2.05, 4.69) is 9.88 Å². The third-order valence-corrected chi connectivity index (χ3v) is 4.72. The lowest BCUT2D eigenvalue weighted by Gasteiger charge is -2.14. The van der Waals surface area contributed by atoms with Crippen LogP contribution < -0.4 is 4.72 Å². The smallest absolute Gasteiger partial charge is 0.246 e. The largest absolute Gasteiger partial charge is 0.360 e. The maximum absolute atomic E-state index is 12.9. The van der Waals surface area contributed by atoms with Crippen LogP contribution in [0, 0.1) is 19.7 Å². The lowest BCUT2D eigenvalue weighted by atomic mass is 10.1. The Morgan fingerprint density at radius 3 is 2.35 bits per heavy atom. The summed E-state index contributed by atoms with van der Waals surface area (Å²) in [4.78, 5) is 0.0476. The molecule has 1 aromatic carbocycles. The Balaban J connectivity index is 2.27. The molecule has 5 nitrogen and oxygen atoms in total. The second-order valence-electron chi connectivity index (χ2n) is 4.55. The number of hydrogen-bond acceptors (Lipinski definition) is 4. The standard InChI is InChI=1S/C13H15FN2O3S/c1-8(11-4-6-12(14)7-5-11)16-20(17,18)13-9(2)15-19-10(13)3/h4-8,16H,1-3H3/t8-/m1/s1. The molecule has 108 valence electrons. The Hall–Kier alpha value is -1.73. The van der Waals surface area contributed by atoms with Crippen LogP contribution in [-0.4, -0.2) is 13.6 Å². The van der Waals surface area contributed by atoms with Crippen molar-refractivity contribution in [2.75, 3.05) is 0 Å². The number of rotatable bonds is 4. The predicted octanol–water partition coefficient (Wildman–Crippen LogP) is 2.47. The van der Waals surface area contributed by atoms with E-state index in [1.807, 2.05) is 0 Å². The molecular formula is C13H15FN2O3S. The number of sulfonamides is 1. The van der Waals surface area contributed by atoms with E-state index in [-0.39, 0.29) is 16.5 Å². The molecule has 7 heteroatoms. The number of halogens is 1. The first-order valence-electron chi connectivity index (χ1n) is 6.02. The lowest BCUT2D eigenvalue weighted by Crippen LogP contribution is -2.27. The summed E-state index contributed by atoms with van der Waals surface area (Å²) in [5.74, 6) is -0.129. The second kappa shape index (κ2) is 5.34. The minimum atomic E-state index is -3.74. The molecule has 0 aliphatic rings. The Morgan fingerprint density at radius 2 is 1.85 bits per heavy atom. The number of aromatic nitrogens is 1. The fraction of sp³-hybridized carbons (Fsp3) is 0.308. The lowest BCUT2D eigenvalue weighted by molar-refractivity contribution is 0.390. The summed E-state index contributed by atoms with van der Waals surface area (Å²) in [7, 11) is -3.74. The number of hydrogen-bond donors (Lipinski definition) is 1. The number of nitrogens with zero attached hydrogens (tertiary/aromatic N) is 1. The van der Waals surface area contributed by atoms with E-state index < -0.39 is 16.1 Å². The first kappa shape index (κ1) is 14.7. The zero-order chi connectivity index (χ0) is 14.9. The van der Waals surface area contributed by atoms with Crippen molar-refractivity contribution in [1.82, 2.24) is 9.88 Å². The molecule has 2 rings (SSSR count). The van der Waals surface area contributed by atoms with Gasteiger partial charge in [0, 0.05) is 6.04 Å². The minimum Gasteiger partial charge on any atom is -0.360 e. The highest BCUT2D eigenvalue weighted by molar-refractivity contribution is 7.89. The van der Waals surface area contributed by atoms with Crippen LogP contribution in [0.15, 0.2) is 33.7 Å². The third kappa shape index (κ3) is 2.88. The van der Waals surface area contributed by atoms with Gasteiger partial charge in [0.15, 0.2) is 5.76 Å². The number of benzene rings is 1. The molecule has 1 aromatic heterocycles. The average Bonchev–Trinajstić information content (AvgIpc) is 2.69. The van der Waals surface area contributed by atoms with Crippen LogP contribution in [0.2, 0.25) is 0 Å². The van der Waals surface area contributed by atoms with Crippen molar-refractivity contribution in [2.24, 2.45) is 0 Å². The maximum atomic E-state index is 12.9. The van der Waals surface area contributed by atoms with Crippen molar-refractivity contribution in [2.45, 2.75) is 31.7 Å². The van der Waals surface area contributed by atoms with Crippen molar-refractivity contribution in [1.29, 1.82) is 0 Å². The van der Waals surface area contributed by atoms with Crippen LogP contribution in [0.3, 0.4) is 0 Å². The highest BCUT2D eigenvalue weighted by Gasteiger charge is 2.26. The Morgan fingerprint density at radius 1 is 1.25 bits per heavy atom. The summed E-state index contributed by atoms with van der Waals surface area (Å²) < 4.78 is 44.9. The number of aryl methyl sites for hydroxylation is 2. The second-order valence-corrected chi connectivity index (χ2v) is 6.20.